The first-order valence-corrected chi connectivity index (χ1v) is 8.28. The summed E-state index contributed by atoms with van der Waals surface area (Å²) in [4.78, 5) is 25.4. The monoisotopic (exact) mass is 344 g/mol. The zero-order chi connectivity index (χ0) is 18.3. The molecule has 26 heavy (non-hydrogen) atoms. The molecule has 0 radical (unpaired) electrons. The van der Waals surface area contributed by atoms with Gasteiger partial charge in [-0.25, -0.2) is 4.79 Å². The van der Waals surface area contributed by atoms with Crippen LogP contribution in [0.15, 0.2) is 69.9 Å². The van der Waals surface area contributed by atoms with E-state index >= 15 is 0 Å². The van der Waals surface area contributed by atoms with Gasteiger partial charge in [0, 0.05) is 0 Å². The van der Waals surface area contributed by atoms with Crippen LogP contribution in [0.2, 0.25) is 0 Å². The summed E-state index contributed by atoms with van der Waals surface area (Å²) in [6, 6.07) is 17.5. The van der Waals surface area contributed by atoms with Crippen LogP contribution in [-0.2, 0) is 0 Å². The number of carbonyl (C=O) groups is 1. The minimum absolute atomic E-state index is 0.211. The quantitative estimate of drug-likeness (QED) is 0.298. The van der Waals surface area contributed by atoms with E-state index < -0.39 is 5.97 Å². The smallest absolute Gasteiger partial charge is 0.343 e. The molecule has 4 heteroatoms. The van der Waals surface area contributed by atoms with Crippen LogP contribution in [0.4, 0.5) is 0 Å². The maximum Gasteiger partial charge on any atom is 0.343 e. The lowest BCUT2D eigenvalue weighted by Crippen LogP contribution is -2.11. The maximum atomic E-state index is 13.0. The Morgan fingerprint density at radius 3 is 2.38 bits per heavy atom. The lowest BCUT2D eigenvalue weighted by molar-refractivity contribution is 0.0737. The molecule has 4 nitrogen and oxygen atoms in total. The van der Waals surface area contributed by atoms with Gasteiger partial charge in [-0.05, 0) is 61.4 Å². The van der Waals surface area contributed by atoms with Gasteiger partial charge in [0.05, 0.1) is 10.9 Å². The second-order valence-electron chi connectivity index (χ2n) is 6.32. The molecule has 1 heterocycles. The van der Waals surface area contributed by atoms with Crippen molar-refractivity contribution >= 4 is 27.9 Å². The third kappa shape index (κ3) is 2.75. The summed E-state index contributed by atoms with van der Waals surface area (Å²) >= 11 is 0. The minimum Gasteiger partial charge on any atom is -0.456 e. The second-order valence-corrected chi connectivity index (χ2v) is 6.32. The molecule has 128 valence electrons. The fraction of sp³-hybridized carbons (Fsp3) is 0.0909. The summed E-state index contributed by atoms with van der Waals surface area (Å²) in [5.74, 6) is -0.300. The summed E-state index contributed by atoms with van der Waals surface area (Å²) in [6.07, 6.45) is 0. The van der Waals surface area contributed by atoms with Crippen LogP contribution in [0.1, 0.15) is 21.5 Å². The molecule has 0 aliphatic rings. The Bertz CT molecular complexity index is 1200. The topological polar surface area (TPSA) is 56.5 Å². The van der Waals surface area contributed by atoms with Crippen molar-refractivity contribution in [1.29, 1.82) is 0 Å². The molecule has 0 N–H and O–H groups in total. The number of esters is 1. The Labute approximate surface area is 149 Å². The van der Waals surface area contributed by atoms with Crippen LogP contribution < -0.4 is 10.2 Å². The Morgan fingerprint density at radius 1 is 0.885 bits per heavy atom. The summed E-state index contributed by atoms with van der Waals surface area (Å²) in [5.41, 5.74) is 2.98. The van der Waals surface area contributed by atoms with Crippen LogP contribution in [0, 0.1) is 13.8 Å². The summed E-state index contributed by atoms with van der Waals surface area (Å²) < 4.78 is 11.5. The van der Waals surface area contributed by atoms with Crippen molar-refractivity contribution in [3.05, 3.63) is 87.6 Å². The average molecular weight is 344 g/mol. The number of carbonyl (C=O) groups excluding carboxylic acids is 1. The van der Waals surface area contributed by atoms with Crippen LogP contribution in [0.3, 0.4) is 0 Å². The number of fused-ring (bicyclic) bond motifs is 2. The van der Waals surface area contributed by atoms with Crippen molar-refractivity contribution < 1.29 is 13.9 Å². The van der Waals surface area contributed by atoms with Crippen molar-refractivity contribution in [2.75, 3.05) is 0 Å². The Morgan fingerprint density at radius 2 is 1.62 bits per heavy atom. The lowest BCUT2D eigenvalue weighted by Gasteiger charge is -2.10. The van der Waals surface area contributed by atoms with E-state index in [2.05, 4.69) is 0 Å². The highest BCUT2D eigenvalue weighted by molar-refractivity contribution is 5.97. The minimum atomic E-state index is -0.513. The maximum absolute atomic E-state index is 13.0. The molecular formula is C22H16O4. The van der Waals surface area contributed by atoms with Gasteiger partial charge in [0.15, 0.2) is 0 Å². The van der Waals surface area contributed by atoms with E-state index in [0.29, 0.717) is 22.1 Å². The molecule has 0 spiro atoms. The van der Waals surface area contributed by atoms with Gasteiger partial charge in [-0.2, -0.15) is 0 Å². The van der Waals surface area contributed by atoms with Crippen molar-refractivity contribution in [3.63, 3.8) is 0 Å². The van der Waals surface area contributed by atoms with Crippen LogP contribution in [-0.4, -0.2) is 5.97 Å². The molecule has 0 aliphatic carbocycles. The Kier molecular flexibility index (Phi) is 3.81. The largest absolute Gasteiger partial charge is 0.456 e. The first kappa shape index (κ1) is 16.1. The molecular weight excluding hydrogens is 328 g/mol. The zero-order valence-corrected chi connectivity index (χ0v) is 14.4. The van der Waals surface area contributed by atoms with E-state index in [-0.39, 0.29) is 16.6 Å². The molecule has 3 aromatic carbocycles. The molecule has 1 aromatic heterocycles. The van der Waals surface area contributed by atoms with E-state index in [9.17, 15) is 9.59 Å². The molecule has 0 atom stereocenters. The molecule has 0 saturated carbocycles. The van der Waals surface area contributed by atoms with Gasteiger partial charge < -0.3 is 9.15 Å². The van der Waals surface area contributed by atoms with Gasteiger partial charge in [0.25, 0.3) is 0 Å². The van der Waals surface area contributed by atoms with Gasteiger partial charge in [-0.15, -0.1) is 0 Å². The fourth-order valence-electron chi connectivity index (χ4n) is 2.99. The predicted molar refractivity (Wildman–Crippen MR) is 101 cm³/mol. The standard InChI is InChI=1S/C22H16O4/c1-13-8-9-16-17(10-13)25-18-11-14(2)12-19(20(18)21(16)23)26-22(24)15-6-4-3-5-7-15/h3-12H,1-2H3. The number of aryl methyl sites for hydroxylation is 2. The van der Waals surface area contributed by atoms with Crippen molar-refractivity contribution in [2.24, 2.45) is 0 Å². The van der Waals surface area contributed by atoms with Gasteiger partial charge in [-0.3, -0.25) is 4.79 Å². The van der Waals surface area contributed by atoms with Gasteiger partial charge in [0.2, 0.25) is 5.43 Å². The summed E-state index contributed by atoms with van der Waals surface area (Å²) in [5, 5.41) is 0.736. The highest BCUT2D eigenvalue weighted by Crippen LogP contribution is 2.29. The van der Waals surface area contributed by atoms with Crippen molar-refractivity contribution in [1.82, 2.24) is 0 Å². The Balaban J connectivity index is 1.93. The first-order chi connectivity index (χ1) is 12.5. The summed E-state index contributed by atoms with van der Waals surface area (Å²) in [6.45, 7) is 3.80. The molecule has 4 rings (SSSR count). The predicted octanol–water partition coefficient (Wildman–Crippen LogP) is 4.78. The number of benzene rings is 3. The van der Waals surface area contributed by atoms with Gasteiger partial charge in [-0.1, -0.05) is 24.3 Å². The molecule has 4 aromatic rings. The van der Waals surface area contributed by atoms with Crippen LogP contribution in [0.5, 0.6) is 5.75 Å². The van der Waals surface area contributed by atoms with Gasteiger partial charge >= 0.3 is 5.97 Å². The highest BCUT2D eigenvalue weighted by Gasteiger charge is 2.17. The summed E-state index contributed by atoms with van der Waals surface area (Å²) in [7, 11) is 0. The SMILES string of the molecule is Cc1ccc2c(=O)c3c(OC(=O)c4ccccc4)cc(C)cc3oc2c1. The molecule has 0 fully saturated rings. The van der Waals surface area contributed by atoms with E-state index in [1.165, 1.54) is 0 Å². The van der Waals surface area contributed by atoms with E-state index in [0.717, 1.165) is 11.1 Å². The molecule has 0 amide bonds. The zero-order valence-electron chi connectivity index (χ0n) is 14.4. The van der Waals surface area contributed by atoms with Crippen LogP contribution in [0.25, 0.3) is 21.9 Å². The van der Waals surface area contributed by atoms with Crippen LogP contribution >= 0.6 is 0 Å². The van der Waals surface area contributed by atoms with Crippen molar-refractivity contribution in [3.8, 4) is 5.75 Å². The third-order valence-corrected chi connectivity index (χ3v) is 4.25. The molecule has 0 unspecified atom stereocenters. The number of hydrogen-bond acceptors (Lipinski definition) is 4. The average Bonchev–Trinajstić information content (AvgIpc) is 2.61. The normalized spacial score (nSPS) is 11.0. The second kappa shape index (κ2) is 6.15. The number of ether oxygens (including phenoxy) is 1. The molecule has 0 aliphatic heterocycles. The number of hydrogen-bond donors (Lipinski definition) is 0. The molecule has 0 saturated heterocycles. The van der Waals surface area contributed by atoms with E-state index in [1.807, 2.05) is 32.0 Å². The third-order valence-electron chi connectivity index (χ3n) is 4.25. The fourth-order valence-corrected chi connectivity index (χ4v) is 2.99. The van der Waals surface area contributed by atoms with Crippen molar-refractivity contribution in [2.45, 2.75) is 13.8 Å². The van der Waals surface area contributed by atoms with E-state index in [1.54, 1.807) is 42.5 Å². The van der Waals surface area contributed by atoms with E-state index in [4.69, 9.17) is 9.15 Å². The number of rotatable bonds is 2. The molecule has 0 bridgehead atoms. The lowest BCUT2D eigenvalue weighted by atomic mass is 10.1. The Hall–Kier alpha value is -3.40. The highest BCUT2D eigenvalue weighted by atomic mass is 16.5. The first-order valence-electron chi connectivity index (χ1n) is 8.28. The van der Waals surface area contributed by atoms with Gasteiger partial charge in [0.1, 0.15) is 22.3 Å².